The second-order valence-electron chi connectivity index (χ2n) is 5.68. The number of methoxy groups -OCH3 is 1. The largest absolute Gasteiger partial charge is 0.497 e. The smallest absolute Gasteiger partial charge is 0.135 e. The molecule has 3 rings (SSSR count). The van der Waals surface area contributed by atoms with Crippen molar-refractivity contribution >= 4 is 21.6 Å². The van der Waals surface area contributed by atoms with E-state index >= 15 is 0 Å². The van der Waals surface area contributed by atoms with Gasteiger partial charge >= 0.3 is 0 Å². The van der Waals surface area contributed by atoms with Crippen LogP contribution in [-0.2, 0) is 6.42 Å². The van der Waals surface area contributed by atoms with Gasteiger partial charge in [0.2, 0.25) is 0 Å². The van der Waals surface area contributed by atoms with Crippen LogP contribution >= 0.6 is 15.9 Å². The van der Waals surface area contributed by atoms with Crippen molar-refractivity contribution in [3.63, 3.8) is 0 Å². The predicted molar refractivity (Wildman–Crippen MR) is 92.6 cm³/mol. The van der Waals surface area contributed by atoms with E-state index in [9.17, 15) is 0 Å². The predicted octanol–water partition coefficient (Wildman–Crippen LogP) is 4.56. The highest BCUT2D eigenvalue weighted by atomic mass is 79.9. The fourth-order valence-corrected chi connectivity index (χ4v) is 2.97. The number of halogens is 1. The van der Waals surface area contributed by atoms with Gasteiger partial charge in [0.25, 0.3) is 0 Å². The number of nitrogen functional groups attached to an aromatic ring is 1. The molecular weight excluding hydrogens is 342 g/mol. The van der Waals surface area contributed by atoms with E-state index in [0.29, 0.717) is 6.10 Å². The number of ether oxygens (including phenoxy) is 2. The normalized spacial score (nSPS) is 14.5. The minimum atomic E-state index is 0.350. The molecule has 0 unspecified atom stereocenters. The molecule has 0 radical (unpaired) electrons. The molecule has 0 bridgehead atoms. The first-order valence-electron chi connectivity index (χ1n) is 7.53. The van der Waals surface area contributed by atoms with E-state index in [0.717, 1.165) is 46.5 Å². The van der Waals surface area contributed by atoms with Gasteiger partial charge in [0, 0.05) is 11.8 Å². The van der Waals surface area contributed by atoms with Crippen molar-refractivity contribution < 1.29 is 9.47 Å². The summed E-state index contributed by atoms with van der Waals surface area (Å²) in [6, 6.07) is 12.0. The van der Waals surface area contributed by atoms with Crippen LogP contribution < -0.4 is 15.2 Å². The molecule has 1 saturated carbocycles. The summed E-state index contributed by atoms with van der Waals surface area (Å²) >= 11 is 3.60. The molecule has 1 aliphatic rings. The van der Waals surface area contributed by atoms with Crippen LogP contribution in [0, 0.1) is 0 Å². The lowest BCUT2D eigenvalue weighted by Crippen LogP contribution is -2.24. The average Bonchev–Trinajstić information content (AvgIpc) is 2.48. The Balaban J connectivity index is 1.76. The Bertz CT molecular complexity index is 651. The zero-order valence-electron chi connectivity index (χ0n) is 12.6. The molecule has 22 heavy (non-hydrogen) atoms. The maximum Gasteiger partial charge on any atom is 0.135 e. The number of hydrogen-bond acceptors (Lipinski definition) is 3. The third-order valence-electron chi connectivity index (χ3n) is 4.09. The molecule has 0 heterocycles. The molecule has 0 saturated heterocycles. The SMILES string of the molecule is COc1ccc(Cc2cc(Br)c(OC3CCC3)cc2N)cc1. The Morgan fingerprint density at radius 3 is 2.50 bits per heavy atom. The first-order chi connectivity index (χ1) is 10.7. The molecule has 1 fully saturated rings. The molecule has 0 spiro atoms. The average molecular weight is 362 g/mol. The van der Waals surface area contributed by atoms with Crippen molar-refractivity contribution in [2.24, 2.45) is 0 Å². The summed E-state index contributed by atoms with van der Waals surface area (Å²) in [6.45, 7) is 0. The summed E-state index contributed by atoms with van der Waals surface area (Å²) < 4.78 is 12.1. The van der Waals surface area contributed by atoms with Gasteiger partial charge < -0.3 is 15.2 Å². The Morgan fingerprint density at radius 2 is 1.91 bits per heavy atom. The molecule has 2 aromatic rings. The Hall–Kier alpha value is -1.68. The Morgan fingerprint density at radius 1 is 1.18 bits per heavy atom. The van der Waals surface area contributed by atoms with Gasteiger partial charge in [0.05, 0.1) is 17.7 Å². The van der Waals surface area contributed by atoms with Gasteiger partial charge in [-0.1, -0.05) is 12.1 Å². The molecular formula is C18H20BrNO2. The van der Waals surface area contributed by atoms with Crippen molar-refractivity contribution in [3.8, 4) is 11.5 Å². The van der Waals surface area contributed by atoms with Gasteiger partial charge in [0.15, 0.2) is 0 Å². The maximum absolute atomic E-state index is 6.20. The van der Waals surface area contributed by atoms with Gasteiger partial charge in [-0.05, 0) is 70.9 Å². The zero-order chi connectivity index (χ0) is 15.5. The highest BCUT2D eigenvalue weighted by molar-refractivity contribution is 9.10. The standard InChI is InChI=1S/C18H20BrNO2/c1-21-14-7-5-12(6-8-14)9-13-10-16(19)18(11-17(13)20)22-15-3-2-4-15/h5-8,10-11,15H,2-4,9,20H2,1H3. The second kappa shape index (κ2) is 6.61. The number of rotatable bonds is 5. The molecule has 0 amide bonds. The number of benzene rings is 2. The summed E-state index contributed by atoms with van der Waals surface area (Å²) in [5, 5.41) is 0. The summed E-state index contributed by atoms with van der Waals surface area (Å²) in [7, 11) is 1.67. The van der Waals surface area contributed by atoms with Crippen LogP contribution in [0.25, 0.3) is 0 Å². The fraction of sp³-hybridized carbons (Fsp3) is 0.333. The van der Waals surface area contributed by atoms with E-state index in [1.54, 1.807) is 7.11 Å². The van der Waals surface area contributed by atoms with E-state index < -0.39 is 0 Å². The van der Waals surface area contributed by atoms with E-state index in [2.05, 4.69) is 34.1 Å². The minimum absolute atomic E-state index is 0.350. The van der Waals surface area contributed by atoms with Crippen molar-refractivity contribution in [1.29, 1.82) is 0 Å². The van der Waals surface area contributed by atoms with E-state index in [1.165, 1.54) is 12.0 Å². The van der Waals surface area contributed by atoms with Crippen LogP contribution in [-0.4, -0.2) is 13.2 Å². The molecule has 0 atom stereocenters. The third kappa shape index (κ3) is 3.38. The van der Waals surface area contributed by atoms with E-state index in [-0.39, 0.29) is 0 Å². The zero-order valence-corrected chi connectivity index (χ0v) is 14.2. The van der Waals surface area contributed by atoms with Crippen molar-refractivity contribution in [2.45, 2.75) is 31.8 Å². The lowest BCUT2D eigenvalue weighted by molar-refractivity contribution is 0.119. The topological polar surface area (TPSA) is 44.5 Å². The van der Waals surface area contributed by atoms with Crippen LogP contribution in [0.2, 0.25) is 0 Å². The summed E-state index contributed by atoms with van der Waals surface area (Å²) in [5.41, 5.74) is 9.27. The lowest BCUT2D eigenvalue weighted by Gasteiger charge is -2.27. The summed E-state index contributed by atoms with van der Waals surface area (Å²) in [4.78, 5) is 0. The van der Waals surface area contributed by atoms with Crippen LogP contribution in [0.15, 0.2) is 40.9 Å². The first kappa shape index (κ1) is 15.2. The molecule has 3 nitrogen and oxygen atoms in total. The van der Waals surface area contributed by atoms with E-state index in [1.807, 2.05) is 18.2 Å². The molecule has 2 aromatic carbocycles. The number of hydrogen-bond donors (Lipinski definition) is 1. The van der Waals surface area contributed by atoms with Gasteiger partial charge in [0.1, 0.15) is 11.5 Å². The maximum atomic E-state index is 6.20. The van der Waals surface area contributed by atoms with Crippen molar-refractivity contribution in [2.75, 3.05) is 12.8 Å². The highest BCUT2D eigenvalue weighted by Gasteiger charge is 2.20. The molecule has 0 aliphatic heterocycles. The van der Waals surface area contributed by atoms with Gasteiger partial charge in [-0.25, -0.2) is 0 Å². The number of anilines is 1. The van der Waals surface area contributed by atoms with Crippen LogP contribution in [0.1, 0.15) is 30.4 Å². The highest BCUT2D eigenvalue weighted by Crippen LogP contribution is 2.35. The van der Waals surface area contributed by atoms with Crippen LogP contribution in [0.4, 0.5) is 5.69 Å². The summed E-state index contributed by atoms with van der Waals surface area (Å²) in [5.74, 6) is 1.71. The van der Waals surface area contributed by atoms with Crippen molar-refractivity contribution in [1.82, 2.24) is 0 Å². The molecule has 1 aliphatic carbocycles. The first-order valence-corrected chi connectivity index (χ1v) is 8.32. The third-order valence-corrected chi connectivity index (χ3v) is 4.71. The van der Waals surface area contributed by atoms with Gasteiger partial charge in [-0.15, -0.1) is 0 Å². The second-order valence-corrected chi connectivity index (χ2v) is 6.53. The summed E-state index contributed by atoms with van der Waals surface area (Å²) in [6.07, 6.45) is 4.67. The molecule has 116 valence electrons. The fourth-order valence-electron chi connectivity index (χ4n) is 2.49. The molecule has 0 aromatic heterocycles. The van der Waals surface area contributed by atoms with Crippen molar-refractivity contribution in [3.05, 3.63) is 52.0 Å². The quantitative estimate of drug-likeness (QED) is 0.793. The number of nitrogens with two attached hydrogens (primary N) is 1. The van der Waals surface area contributed by atoms with Gasteiger partial charge in [-0.2, -0.15) is 0 Å². The van der Waals surface area contributed by atoms with Crippen LogP contribution in [0.5, 0.6) is 11.5 Å². The molecule has 2 N–H and O–H groups in total. The molecule has 4 heteroatoms. The monoisotopic (exact) mass is 361 g/mol. The van der Waals surface area contributed by atoms with Crippen LogP contribution in [0.3, 0.4) is 0 Å². The lowest BCUT2D eigenvalue weighted by atomic mass is 9.96. The van der Waals surface area contributed by atoms with E-state index in [4.69, 9.17) is 15.2 Å². The Labute approximate surface area is 139 Å². The van der Waals surface area contributed by atoms with Gasteiger partial charge in [-0.3, -0.25) is 0 Å². The Kier molecular flexibility index (Phi) is 4.57. The minimum Gasteiger partial charge on any atom is -0.497 e.